The van der Waals surface area contributed by atoms with Gasteiger partial charge in [-0.1, -0.05) is 70.2 Å². The summed E-state index contributed by atoms with van der Waals surface area (Å²) >= 11 is 5.04. The third-order valence-corrected chi connectivity index (χ3v) is 5.91. The van der Waals surface area contributed by atoms with Gasteiger partial charge >= 0.3 is 0 Å². The van der Waals surface area contributed by atoms with Gasteiger partial charge in [-0.25, -0.2) is 4.39 Å². The van der Waals surface area contributed by atoms with Crippen molar-refractivity contribution in [2.45, 2.75) is 17.8 Å². The Bertz CT molecular complexity index is 1110. The average molecular weight is 454 g/mol. The molecule has 1 aromatic heterocycles. The van der Waals surface area contributed by atoms with Crippen LogP contribution in [0.25, 0.3) is 17.1 Å². The molecule has 0 aliphatic carbocycles. The lowest BCUT2D eigenvalue weighted by Gasteiger charge is -2.13. The van der Waals surface area contributed by atoms with Crippen molar-refractivity contribution in [3.05, 3.63) is 94.2 Å². The van der Waals surface area contributed by atoms with E-state index in [0.717, 1.165) is 26.6 Å². The molecule has 0 fully saturated rings. The zero-order valence-electron chi connectivity index (χ0n) is 15.1. The molecule has 0 atom stereocenters. The van der Waals surface area contributed by atoms with Gasteiger partial charge in [0, 0.05) is 10.2 Å². The van der Waals surface area contributed by atoms with Crippen LogP contribution in [0.2, 0.25) is 0 Å². The first kappa shape index (κ1) is 18.9. The zero-order valence-corrected chi connectivity index (χ0v) is 17.5. The number of para-hydroxylation sites is 1. The number of nitrogens with zero attached hydrogens (tertiary/aromatic N) is 3. The third kappa shape index (κ3) is 3.88. The van der Waals surface area contributed by atoms with Gasteiger partial charge in [0.1, 0.15) is 5.82 Å². The van der Waals surface area contributed by atoms with E-state index >= 15 is 0 Å². The van der Waals surface area contributed by atoms with Gasteiger partial charge in [-0.05, 0) is 48.4 Å². The number of aromatic nitrogens is 3. The van der Waals surface area contributed by atoms with Crippen LogP contribution in [0.5, 0.6) is 0 Å². The molecule has 0 N–H and O–H groups in total. The van der Waals surface area contributed by atoms with Gasteiger partial charge in [0.25, 0.3) is 0 Å². The Labute approximate surface area is 175 Å². The molecule has 0 saturated heterocycles. The van der Waals surface area contributed by atoms with Crippen LogP contribution in [0, 0.1) is 12.7 Å². The SMILES string of the molecule is Cc1ccccc1-n1c(SCc2ccc(Br)cc2)nnc1-c1ccccc1F. The van der Waals surface area contributed by atoms with Gasteiger partial charge < -0.3 is 0 Å². The van der Waals surface area contributed by atoms with E-state index in [1.807, 2.05) is 54.0 Å². The lowest BCUT2D eigenvalue weighted by atomic mass is 10.1. The van der Waals surface area contributed by atoms with Gasteiger partial charge in [-0.2, -0.15) is 0 Å². The molecule has 4 rings (SSSR count). The zero-order chi connectivity index (χ0) is 19.5. The number of aryl methyl sites for hydroxylation is 1. The molecule has 28 heavy (non-hydrogen) atoms. The molecule has 6 heteroatoms. The first-order chi connectivity index (χ1) is 13.6. The molecule has 0 radical (unpaired) electrons. The lowest BCUT2D eigenvalue weighted by Crippen LogP contribution is -2.02. The Hall–Kier alpha value is -2.44. The first-order valence-corrected chi connectivity index (χ1v) is 10.5. The second-order valence-electron chi connectivity index (χ2n) is 6.32. The van der Waals surface area contributed by atoms with E-state index in [1.54, 1.807) is 23.9 Å². The summed E-state index contributed by atoms with van der Waals surface area (Å²) < 4.78 is 17.5. The maximum Gasteiger partial charge on any atom is 0.196 e. The van der Waals surface area contributed by atoms with Crippen molar-refractivity contribution >= 4 is 27.7 Å². The number of hydrogen-bond acceptors (Lipinski definition) is 3. The fourth-order valence-electron chi connectivity index (χ4n) is 2.94. The standard InChI is InChI=1S/C22H17BrFN3S/c1-15-6-2-5-9-20(15)27-21(18-7-3-4-8-19(18)24)25-26-22(27)28-14-16-10-12-17(23)13-11-16/h2-13H,14H2,1H3. The fraction of sp³-hybridized carbons (Fsp3) is 0.0909. The summed E-state index contributed by atoms with van der Waals surface area (Å²) in [4.78, 5) is 0. The van der Waals surface area contributed by atoms with Crippen molar-refractivity contribution in [2.75, 3.05) is 0 Å². The van der Waals surface area contributed by atoms with Crippen LogP contribution in [0.15, 0.2) is 82.4 Å². The molecular weight excluding hydrogens is 437 g/mol. The molecule has 0 amide bonds. The minimum atomic E-state index is -0.311. The van der Waals surface area contributed by atoms with E-state index in [-0.39, 0.29) is 5.82 Å². The predicted octanol–water partition coefficient (Wildman–Crippen LogP) is 6.44. The highest BCUT2D eigenvalue weighted by atomic mass is 79.9. The molecule has 140 valence electrons. The second-order valence-corrected chi connectivity index (χ2v) is 8.18. The van der Waals surface area contributed by atoms with Crippen molar-refractivity contribution < 1.29 is 4.39 Å². The first-order valence-electron chi connectivity index (χ1n) is 8.77. The highest BCUT2D eigenvalue weighted by molar-refractivity contribution is 9.10. The van der Waals surface area contributed by atoms with E-state index in [1.165, 1.54) is 11.6 Å². The van der Waals surface area contributed by atoms with Crippen LogP contribution in [0.4, 0.5) is 4.39 Å². The fourth-order valence-corrected chi connectivity index (χ4v) is 4.11. The van der Waals surface area contributed by atoms with E-state index in [2.05, 4.69) is 38.3 Å². The Morgan fingerprint density at radius 1 is 0.929 bits per heavy atom. The molecule has 4 aromatic rings. The largest absolute Gasteiger partial charge is 0.270 e. The van der Waals surface area contributed by atoms with Crippen molar-refractivity contribution in [3.8, 4) is 17.1 Å². The maximum atomic E-state index is 14.5. The molecule has 0 aliphatic rings. The van der Waals surface area contributed by atoms with Gasteiger partial charge in [-0.3, -0.25) is 4.57 Å². The highest BCUT2D eigenvalue weighted by Crippen LogP contribution is 2.32. The molecule has 1 heterocycles. The number of benzene rings is 3. The van der Waals surface area contributed by atoms with E-state index in [4.69, 9.17) is 0 Å². The van der Waals surface area contributed by atoms with Crippen LogP contribution < -0.4 is 0 Å². The Kier molecular flexibility index (Phi) is 5.59. The quantitative estimate of drug-likeness (QED) is 0.326. The summed E-state index contributed by atoms with van der Waals surface area (Å²) in [6.45, 7) is 2.03. The summed E-state index contributed by atoms with van der Waals surface area (Å²) in [6.07, 6.45) is 0. The lowest BCUT2D eigenvalue weighted by molar-refractivity contribution is 0.629. The van der Waals surface area contributed by atoms with E-state index in [0.29, 0.717) is 11.4 Å². The summed E-state index contributed by atoms with van der Waals surface area (Å²) in [5, 5.41) is 9.45. The number of halogens is 2. The summed E-state index contributed by atoms with van der Waals surface area (Å²) in [5.41, 5.74) is 3.64. The molecule has 3 nitrogen and oxygen atoms in total. The smallest absolute Gasteiger partial charge is 0.196 e. The van der Waals surface area contributed by atoms with Crippen LogP contribution in [-0.4, -0.2) is 14.8 Å². The molecule has 0 spiro atoms. The minimum Gasteiger partial charge on any atom is -0.270 e. The van der Waals surface area contributed by atoms with Crippen LogP contribution in [0.3, 0.4) is 0 Å². The monoisotopic (exact) mass is 453 g/mol. The molecule has 0 aliphatic heterocycles. The van der Waals surface area contributed by atoms with Crippen LogP contribution in [-0.2, 0) is 5.75 Å². The topological polar surface area (TPSA) is 30.7 Å². The third-order valence-electron chi connectivity index (χ3n) is 4.39. The molecule has 0 unspecified atom stereocenters. The van der Waals surface area contributed by atoms with Crippen molar-refractivity contribution in [2.24, 2.45) is 0 Å². The molecular formula is C22H17BrFN3S. The summed E-state index contributed by atoms with van der Waals surface area (Å²) in [5.74, 6) is 0.939. The number of thioether (sulfide) groups is 1. The van der Waals surface area contributed by atoms with E-state index < -0.39 is 0 Å². The normalized spacial score (nSPS) is 11.0. The van der Waals surface area contributed by atoms with Crippen molar-refractivity contribution in [3.63, 3.8) is 0 Å². The number of rotatable bonds is 5. The molecule has 0 bridgehead atoms. The average Bonchev–Trinajstić information content (AvgIpc) is 3.12. The van der Waals surface area contributed by atoms with Crippen molar-refractivity contribution in [1.29, 1.82) is 0 Å². The van der Waals surface area contributed by atoms with Gasteiger partial charge in [0.15, 0.2) is 11.0 Å². The summed E-state index contributed by atoms with van der Waals surface area (Å²) in [6, 6.07) is 22.8. The van der Waals surface area contributed by atoms with Gasteiger partial charge in [0.05, 0.1) is 11.3 Å². The Morgan fingerprint density at radius 2 is 1.64 bits per heavy atom. The Balaban J connectivity index is 1.77. The van der Waals surface area contributed by atoms with Gasteiger partial charge in [0.2, 0.25) is 0 Å². The Morgan fingerprint density at radius 3 is 2.39 bits per heavy atom. The van der Waals surface area contributed by atoms with Crippen LogP contribution in [0.1, 0.15) is 11.1 Å². The minimum absolute atomic E-state index is 0.311. The van der Waals surface area contributed by atoms with Crippen molar-refractivity contribution in [1.82, 2.24) is 14.8 Å². The molecule has 0 saturated carbocycles. The summed E-state index contributed by atoms with van der Waals surface area (Å²) in [7, 11) is 0. The maximum absolute atomic E-state index is 14.5. The number of hydrogen-bond donors (Lipinski definition) is 0. The second kappa shape index (κ2) is 8.29. The van der Waals surface area contributed by atoms with Gasteiger partial charge in [-0.15, -0.1) is 10.2 Å². The highest BCUT2D eigenvalue weighted by Gasteiger charge is 2.19. The molecule has 3 aromatic carbocycles. The van der Waals surface area contributed by atoms with Crippen LogP contribution >= 0.6 is 27.7 Å². The van der Waals surface area contributed by atoms with E-state index in [9.17, 15) is 4.39 Å². The predicted molar refractivity (Wildman–Crippen MR) is 115 cm³/mol.